The largest absolute Gasteiger partial charge is 0.399 e. The summed E-state index contributed by atoms with van der Waals surface area (Å²) in [5.74, 6) is 0.0257. The fourth-order valence-corrected chi connectivity index (χ4v) is 2.87. The SMILES string of the molecule is CCN1CCN(C(C)C(=O)Nc2cccc(N)c2)CC1C. The minimum Gasteiger partial charge on any atom is -0.399 e. The van der Waals surface area contributed by atoms with E-state index in [0.29, 0.717) is 11.7 Å². The van der Waals surface area contributed by atoms with Gasteiger partial charge in [0.25, 0.3) is 0 Å². The van der Waals surface area contributed by atoms with Crippen molar-refractivity contribution in [1.82, 2.24) is 9.80 Å². The summed E-state index contributed by atoms with van der Waals surface area (Å²) in [6, 6.07) is 7.66. The summed E-state index contributed by atoms with van der Waals surface area (Å²) in [6.45, 7) is 10.3. The molecule has 5 heteroatoms. The van der Waals surface area contributed by atoms with E-state index in [0.717, 1.165) is 31.9 Å². The van der Waals surface area contributed by atoms with Crippen LogP contribution in [-0.2, 0) is 4.79 Å². The highest BCUT2D eigenvalue weighted by molar-refractivity contribution is 5.94. The number of likely N-dealkylation sites (N-methyl/N-ethyl adjacent to an activating group) is 1. The minimum atomic E-state index is -0.132. The van der Waals surface area contributed by atoms with Crippen molar-refractivity contribution in [2.24, 2.45) is 0 Å². The lowest BCUT2D eigenvalue weighted by molar-refractivity contribution is -0.121. The maximum atomic E-state index is 12.4. The molecule has 1 fully saturated rings. The van der Waals surface area contributed by atoms with Crippen molar-refractivity contribution >= 4 is 17.3 Å². The second-order valence-corrected chi connectivity index (χ2v) is 5.76. The Labute approximate surface area is 127 Å². The van der Waals surface area contributed by atoms with Crippen LogP contribution in [0.3, 0.4) is 0 Å². The molecule has 2 rings (SSSR count). The van der Waals surface area contributed by atoms with Crippen LogP contribution < -0.4 is 11.1 Å². The van der Waals surface area contributed by atoms with Gasteiger partial charge >= 0.3 is 0 Å². The molecule has 1 heterocycles. The van der Waals surface area contributed by atoms with Crippen molar-refractivity contribution in [3.8, 4) is 0 Å². The molecule has 1 aromatic rings. The van der Waals surface area contributed by atoms with Crippen LogP contribution in [-0.4, -0.2) is 54.0 Å². The number of nitrogens with one attached hydrogen (secondary N) is 1. The zero-order valence-corrected chi connectivity index (χ0v) is 13.2. The van der Waals surface area contributed by atoms with Gasteiger partial charge in [0.1, 0.15) is 0 Å². The number of carbonyl (C=O) groups is 1. The zero-order valence-electron chi connectivity index (χ0n) is 13.2. The van der Waals surface area contributed by atoms with E-state index in [-0.39, 0.29) is 11.9 Å². The van der Waals surface area contributed by atoms with Crippen molar-refractivity contribution in [3.63, 3.8) is 0 Å². The van der Waals surface area contributed by atoms with Crippen LogP contribution in [0.4, 0.5) is 11.4 Å². The van der Waals surface area contributed by atoms with Gasteiger partial charge in [-0.2, -0.15) is 0 Å². The van der Waals surface area contributed by atoms with Gasteiger partial charge in [-0.3, -0.25) is 14.6 Å². The Morgan fingerprint density at radius 1 is 1.48 bits per heavy atom. The molecule has 2 atom stereocenters. The number of nitrogens with two attached hydrogens (primary N) is 1. The van der Waals surface area contributed by atoms with Crippen LogP contribution in [0.25, 0.3) is 0 Å². The smallest absolute Gasteiger partial charge is 0.241 e. The van der Waals surface area contributed by atoms with E-state index in [1.165, 1.54) is 0 Å². The highest BCUT2D eigenvalue weighted by Gasteiger charge is 2.28. The van der Waals surface area contributed by atoms with Crippen molar-refractivity contribution < 1.29 is 4.79 Å². The van der Waals surface area contributed by atoms with Gasteiger partial charge in [0, 0.05) is 37.1 Å². The molecule has 1 aromatic carbocycles. The lowest BCUT2D eigenvalue weighted by Gasteiger charge is -2.41. The summed E-state index contributed by atoms with van der Waals surface area (Å²) in [4.78, 5) is 17.1. The molecule has 21 heavy (non-hydrogen) atoms. The van der Waals surface area contributed by atoms with Crippen molar-refractivity contribution in [2.75, 3.05) is 37.2 Å². The number of hydrogen-bond donors (Lipinski definition) is 2. The molecule has 1 amide bonds. The van der Waals surface area contributed by atoms with E-state index in [1.807, 2.05) is 25.1 Å². The van der Waals surface area contributed by atoms with Crippen molar-refractivity contribution in [1.29, 1.82) is 0 Å². The molecule has 0 aliphatic carbocycles. The molecule has 0 radical (unpaired) electrons. The molecule has 2 unspecified atom stereocenters. The van der Waals surface area contributed by atoms with Crippen LogP contribution >= 0.6 is 0 Å². The van der Waals surface area contributed by atoms with Crippen LogP contribution in [0.15, 0.2) is 24.3 Å². The summed E-state index contributed by atoms with van der Waals surface area (Å²) in [5.41, 5.74) is 7.15. The molecule has 0 spiro atoms. The summed E-state index contributed by atoms with van der Waals surface area (Å²) in [6.07, 6.45) is 0. The molecular weight excluding hydrogens is 264 g/mol. The predicted molar refractivity (Wildman–Crippen MR) is 87.2 cm³/mol. The first-order valence-corrected chi connectivity index (χ1v) is 7.65. The number of piperazine rings is 1. The predicted octanol–water partition coefficient (Wildman–Crippen LogP) is 1.62. The second kappa shape index (κ2) is 6.91. The van der Waals surface area contributed by atoms with E-state index < -0.39 is 0 Å². The third kappa shape index (κ3) is 3.95. The second-order valence-electron chi connectivity index (χ2n) is 5.76. The van der Waals surface area contributed by atoms with Gasteiger partial charge in [-0.1, -0.05) is 13.0 Å². The van der Waals surface area contributed by atoms with Crippen LogP contribution in [0.5, 0.6) is 0 Å². The first-order valence-electron chi connectivity index (χ1n) is 7.65. The van der Waals surface area contributed by atoms with Gasteiger partial charge in [0.15, 0.2) is 0 Å². The van der Waals surface area contributed by atoms with E-state index in [4.69, 9.17) is 5.73 Å². The van der Waals surface area contributed by atoms with Gasteiger partial charge < -0.3 is 11.1 Å². The monoisotopic (exact) mass is 290 g/mol. The Morgan fingerprint density at radius 2 is 2.24 bits per heavy atom. The van der Waals surface area contributed by atoms with Crippen molar-refractivity contribution in [3.05, 3.63) is 24.3 Å². The highest BCUT2D eigenvalue weighted by atomic mass is 16.2. The average molecular weight is 290 g/mol. The normalized spacial score (nSPS) is 22.0. The topological polar surface area (TPSA) is 61.6 Å². The number of anilines is 2. The Morgan fingerprint density at radius 3 is 2.86 bits per heavy atom. The Balaban J connectivity index is 1.93. The van der Waals surface area contributed by atoms with E-state index >= 15 is 0 Å². The number of nitrogen functional groups attached to an aromatic ring is 1. The summed E-state index contributed by atoms with van der Waals surface area (Å²) in [7, 11) is 0. The summed E-state index contributed by atoms with van der Waals surface area (Å²) < 4.78 is 0. The highest BCUT2D eigenvalue weighted by Crippen LogP contribution is 2.15. The summed E-state index contributed by atoms with van der Waals surface area (Å²) in [5, 5.41) is 2.95. The summed E-state index contributed by atoms with van der Waals surface area (Å²) >= 11 is 0. The molecule has 1 saturated heterocycles. The van der Waals surface area contributed by atoms with Gasteiger partial charge in [0.2, 0.25) is 5.91 Å². The maximum Gasteiger partial charge on any atom is 0.241 e. The number of amides is 1. The first kappa shape index (κ1) is 15.8. The Hall–Kier alpha value is -1.59. The molecule has 1 aliphatic heterocycles. The quantitative estimate of drug-likeness (QED) is 0.827. The molecular formula is C16H26N4O. The average Bonchev–Trinajstić information content (AvgIpc) is 2.46. The van der Waals surface area contributed by atoms with Gasteiger partial charge in [0.05, 0.1) is 6.04 Å². The number of nitrogens with zero attached hydrogens (tertiary/aromatic N) is 2. The molecule has 1 aliphatic rings. The molecule has 0 bridgehead atoms. The van der Waals surface area contributed by atoms with E-state index in [2.05, 4.69) is 29.0 Å². The Bertz CT molecular complexity index is 491. The lowest BCUT2D eigenvalue weighted by Crippen LogP contribution is -2.56. The van der Waals surface area contributed by atoms with Crippen LogP contribution in [0, 0.1) is 0 Å². The number of benzene rings is 1. The fraction of sp³-hybridized carbons (Fsp3) is 0.562. The van der Waals surface area contributed by atoms with Crippen LogP contribution in [0.1, 0.15) is 20.8 Å². The van der Waals surface area contributed by atoms with E-state index in [9.17, 15) is 4.79 Å². The van der Waals surface area contributed by atoms with Gasteiger partial charge in [-0.05, 0) is 38.6 Å². The minimum absolute atomic E-state index is 0.0257. The molecule has 116 valence electrons. The molecule has 0 saturated carbocycles. The fourth-order valence-electron chi connectivity index (χ4n) is 2.87. The lowest BCUT2D eigenvalue weighted by atomic mass is 10.1. The first-order chi connectivity index (χ1) is 10.0. The number of rotatable bonds is 4. The molecule has 0 aromatic heterocycles. The maximum absolute atomic E-state index is 12.4. The molecule has 3 N–H and O–H groups in total. The number of hydrogen-bond acceptors (Lipinski definition) is 4. The molecule has 5 nitrogen and oxygen atoms in total. The third-order valence-electron chi connectivity index (χ3n) is 4.28. The third-order valence-corrected chi connectivity index (χ3v) is 4.28. The number of carbonyl (C=O) groups excluding carboxylic acids is 1. The van der Waals surface area contributed by atoms with Crippen LogP contribution in [0.2, 0.25) is 0 Å². The zero-order chi connectivity index (χ0) is 15.4. The van der Waals surface area contributed by atoms with E-state index in [1.54, 1.807) is 6.07 Å². The van der Waals surface area contributed by atoms with Crippen molar-refractivity contribution in [2.45, 2.75) is 32.9 Å². The van der Waals surface area contributed by atoms with Gasteiger partial charge in [-0.25, -0.2) is 0 Å². The Kier molecular flexibility index (Phi) is 5.20. The standard InChI is InChI=1S/C16H26N4O/c1-4-19-8-9-20(11-12(19)2)13(3)16(21)18-15-7-5-6-14(17)10-15/h5-7,10,12-13H,4,8-9,11,17H2,1-3H3,(H,18,21). The van der Waals surface area contributed by atoms with Gasteiger partial charge in [-0.15, -0.1) is 0 Å².